The lowest BCUT2D eigenvalue weighted by Gasteiger charge is -2.35. The number of hydrogen-bond donors (Lipinski definition) is 1. The third-order valence-electron chi connectivity index (χ3n) is 3.59. The molecule has 0 aromatic heterocycles. The molecule has 1 fully saturated rings. The fourth-order valence-corrected chi connectivity index (χ4v) is 2.68. The lowest BCUT2D eigenvalue weighted by molar-refractivity contribution is -0.384. The zero-order valence-electron chi connectivity index (χ0n) is 12.4. The van der Waals surface area contributed by atoms with Crippen LogP contribution in [0.3, 0.4) is 0 Å². The predicted octanol–water partition coefficient (Wildman–Crippen LogP) is 1.51. The molecule has 8 heteroatoms. The molecular formula is C14H19ClN4O3. The van der Waals surface area contributed by atoms with Gasteiger partial charge in [-0.15, -0.1) is 0 Å². The van der Waals surface area contributed by atoms with Gasteiger partial charge in [-0.05, 0) is 19.1 Å². The number of benzene rings is 1. The second-order valence-corrected chi connectivity index (χ2v) is 5.54. The minimum Gasteiger partial charge on any atom is -0.363 e. The van der Waals surface area contributed by atoms with Crippen molar-refractivity contribution in [2.75, 3.05) is 44.2 Å². The van der Waals surface area contributed by atoms with Crippen molar-refractivity contribution in [1.82, 2.24) is 10.2 Å². The van der Waals surface area contributed by atoms with E-state index < -0.39 is 4.92 Å². The number of nitro groups is 1. The summed E-state index contributed by atoms with van der Waals surface area (Å²) in [5, 5.41) is 14.3. The summed E-state index contributed by atoms with van der Waals surface area (Å²) in [5.41, 5.74) is 0.594. The smallest absolute Gasteiger partial charge is 0.294 e. The first kappa shape index (κ1) is 16.5. The molecule has 22 heavy (non-hydrogen) atoms. The van der Waals surface area contributed by atoms with Crippen LogP contribution in [0.2, 0.25) is 5.02 Å². The van der Waals surface area contributed by atoms with Crippen LogP contribution in [0.25, 0.3) is 0 Å². The molecule has 120 valence electrons. The molecule has 0 radical (unpaired) electrons. The van der Waals surface area contributed by atoms with Crippen molar-refractivity contribution < 1.29 is 9.72 Å². The minimum absolute atomic E-state index is 0.00780. The van der Waals surface area contributed by atoms with Gasteiger partial charge in [0, 0.05) is 43.8 Å². The zero-order chi connectivity index (χ0) is 16.1. The van der Waals surface area contributed by atoms with Crippen LogP contribution in [0.1, 0.15) is 6.92 Å². The highest BCUT2D eigenvalue weighted by Crippen LogP contribution is 2.31. The summed E-state index contributed by atoms with van der Waals surface area (Å²) >= 11 is 5.83. The Kier molecular flexibility index (Phi) is 5.57. The number of halogens is 1. The Labute approximate surface area is 134 Å². The lowest BCUT2D eigenvalue weighted by atomic mass is 10.2. The number of piperazine rings is 1. The van der Waals surface area contributed by atoms with E-state index in [4.69, 9.17) is 11.6 Å². The lowest BCUT2D eigenvalue weighted by Crippen LogP contribution is -2.49. The summed E-state index contributed by atoms with van der Waals surface area (Å²) in [6.07, 6.45) is 0. The Morgan fingerprint density at radius 2 is 2.05 bits per heavy atom. The maximum absolute atomic E-state index is 11.6. The highest BCUT2D eigenvalue weighted by molar-refractivity contribution is 6.30. The number of carbonyl (C=O) groups excluding carboxylic acids is 1. The Bertz CT molecular complexity index is 559. The first-order valence-electron chi connectivity index (χ1n) is 7.19. The molecule has 1 aromatic rings. The van der Waals surface area contributed by atoms with Crippen LogP contribution in [0.4, 0.5) is 11.4 Å². The molecule has 1 saturated heterocycles. The molecule has 2 rings (SSSR count). The first-order chi connectivity index (χ1) is 10.5. The first-order valence-corrected chi connectivity index (χ1v) is 7.57. The van der Waals surface area contributed by atoms with Crippen molar-refractivity contribution in [2.24, 2.45) is 0 Å². The van der Waals surface area contributed by atoms with Crippen molar-refractivity contribution in [2.45, 2.75) is 6.92 Å². The topological polar surface area (TPSA) is 78.7 Å². The Hall–Kier alpha value is -1.86. The molecule has 0 spiro atoms. The van der Waals surface area contributed by atoms with Crippen molar-refractivity contribution >= 4 is 28.9 Å². The van der Waals surface area contributed by atoms with Gasteiger partial charge in [-0.2, -0.15) is 0 Å². The van der Waals surface area contributed by atoms with Gasteiger partial charge in [0.1, 0.15) is 5.69 Å². The van der Waals surface area contributed by atoms with Crippen molar-refractivity contribution in [1.29, 1.82) is 0 Å². The van der Waals surface area contributed by atoms with Crippen LogP contribution in [0, 0.1) is 10.1 Å². The average molecular weight is 327 g/mol. The van der Waals surface area contributed by atoms with Gasteiger partial charge in [0.2, 0.25) is 5.91 Å². The highest BCUT2D eigenvalue weighted by Gasteiger charge is 2.24. The van der Waals surface area contributed by atoms with Crippen LogP contribution in [0.15, 0.2) is 18.2 Å². The third kappa shape index (κ3) is 4.08. The molecule has 0 bridgehead atoms. The van der Waals surface area contributed by atoms with Crippen molar-refractivity contribution in [3.63, 3.8) is 0 Å². The van der Waals surface area contributed by atoms with E-state index in [0.717, 1.165) is 0 Å². The maximum Gasteiger partial charge on any atom is 0.294 e. The monoisotopic (exact) mass is 326 g/mol. The number of amides is 1. The number of hydrogen-bond acceptors (Lipinski definition) is 5. The normalized spacial score (nSPS) is 15.6. The van der Waals surface area contributed by atoms with E-state index in [-0.39, 0.29) is 11.6 Å². The highest BCUT2D eigenvalue weighted by atomic mass is 35.5. The van der Waals surface area contributed by atoms with E-state index in [1.54, 1.807) is 12.1 Å². The Morgan fingerprint density at radius 3 is 2.64 bits per heavy atom. The van der Waals surface area contributed by atoms with Gasteiger partial charge in [-0.25, -0.2) is 0 Å². The molecule has 0 aliphatic carbocycles. The van der Waals surface area contributed by atoms with E-state index >= 15 is 0 Å². The number of rotatable bonds is 5. The van der Waals surface area contributed by atoms with Gasteiger partial charge < -0.3 is 10.2 Å². The van der Waals surface area contributed by atoms with Gasteiger partial charge in [0.05, 0.1) is 11.5 Å². The van der Waals surface area contributed by atoms with E-state index in [0.29, 0.717) is 50.0 Å². The molecule has 7 nitrogen and oxygen atoms in total. The fourth-order valence-electron chi connectivity index (χ4n) is 2.51. The van der Waals surface area contributed by atoms with Gasteiger partial charge >= 0.3 is 0 Å². The quantitative estimate of drug-likeness (QED) is 0.655. The zero-order valence-corrected chi connectivity index (χ0v) is 13.2. The van der Waals surface area contributed by atoms with Crippen molar-refractivity contribution in [3.8, 4) is 0 Å². The summed E-state index contributed by atoms with van der Waals surface area (Å²) in [6, 6.07) is 4.71. The molecule has 1 aliphatic heterocycles. The van der Waals surface area contributed by atoms with Gasteiger partial charge in [0.15, 0.2) is 0 Å². The maximum atomic E-state index is 11.6. The fraction of sp³-hybridized carbons (Fsp3) is 0.500. The second kappa shape index (κ2) is 7.42. The molecule has 1 heterocycles. The number of likely N-dealkylation sites (N-methyl/N-ethyl adjacent to an activating group) is 1. The summed E-state index contributed by atoms with van der Waals surface area (Å²) < 4.78 is 0. The molecule has 0 unspecified atom stereocenters. The molecule has 0 atom stereocenters. The van der Waals surface area contributed by atoms with E-state index in [2.05, 4.69) is 5.32 Å². The molecule has 1 amide bonds. The minimum atomic E-state index is -0.414. The van der Waals surface area contributed by atoms with Crippen LogP contribution < -0.4 is 10.2 Å². The Balaban J connectivity index is 2.00. The van der Waals surface area contributed by atoms with Crippen LogP contribution in [-0.4, -0.2) is 55.0 Å². The van der Waals surface area contributed by atoms with E-state index in [1.165, 1.54) is 6.07 Å². The van der Waals surface area contributed by atoms with Crippen LogP contribution in [0.5, 0.6) is 0 Å². The Morgan fingerprint density at radius 1 is 1.36 bits per heavy atom. The summed E-state index contributed by atoms with van der Waals surface area (Å²) in [5.74, 6) is 0.00780. The summed E-state index contributed by atoms with van der Waals surface area (Å²) in [4.78, 5) is 26.3. The number of nitro benzene ring substituents is 1. The number of nitrogens with one attached hydrogen (secondary N) is 1. The molecule has 1 aliphatic rings. The van der Waals surface area contributed by atoms with Gasteiger partial charge in [-0.3, -0.25) is 19.8 Å². The predicted molar refractivity (Wildman–Crippen MR) is 85.4 cm³/mol. The molecule has 1 N–H and O–H groups in total. The van der Waals surface area contributed by atoms with Crippen molar-refractivity contribution in [3.05, 3.63) is 33.3 Å². The largest absolute Gasteiger partial charge is 0.363 e. The number of nitrogens with zero attached hydrogens (tertiary/aromatic N) is 3. The molecular weight excluding hydrogens is 308 g/mol. The van der Waals surface area contributed by atoms with Gasteiger partial charge in [-0.1, -0.05) is 11.6 Å². The molecule has 1 aromatic carbocycles. The van der Waals surface area contributed by atoms with E-state index in [9.17, 15) is 14.9 Å². The average Bonchev–Trinajstić information content (AvgIpc) is 2.48. The second-order valence-electron chi connectivity index (χ2n) is 5.11. The van der Waals surface area contributed by atoms with Gasteiger partial charge in [0.25, 0.3) is 5.69 Å². The standard InChI is InChI=1S/C14H19ClN4O3/c1-2-16-14(20)10-17-5-7-18(8-6-17)12-4-3-11(15)9-13(12)19(21)22/h3-4,9H,2,5-8,10H2,1H3,(H,16,20). The SMILES string of the molecule is CCNC(=O)CN1CCN(c2ccc(Cl)cc2[N+](=O)[O-])CC1. The number of carbonyl (C=O) groups is 1. The summed E-state index contributed by atoms with van der Waals surface area (Å²) in [7, 11) is 0. The van der Waals surface area contributed by atoms with Crippen LogP contribution >= 0.6 is 11.6 Å². The summed E-state index contributed by atoms with van der Waals surface area (Å²) in [6.45, 7) is 5.53. The molecule has 0 saturated carbocycles. The van der Waals surface area contributed by atoms with Crippen LogP contribution in [-0.2, 0) is 4.79 Å². The van der Waals surface area contributed by atoms with E-state index in [1.807, 2.05) is 16.7 Å². The number of anilines is 1. The third-order valence-corrected chi connectivity index (χ3v) is 3.82.